The zero-order valence-electron chi connectivity index (χ0n) is 12.8. The highest BCUT2D eigenvalue weighted by Crippen LogP contribution is 2.41. The number of rotatable bonds is 3. The largest absolute Gasteiger partial charge is 0.381 e. The molecule has 2 amide bonds. The van der Waals surface area contributed by atoms with Crippen LogP contribution < -0.4 is 10.9 Å². The van der Waals surface area contributed by atoms with Gasteiger partial charge in [-0.2, -0.15) is 5.16 Å². The Hall–Kier alpha value is -2.09. The lowest BCUT2D eigenvalue weighted by molar-refractivity contribution is 0.180. The summed E-state index contributed by atoms with van der Waals surface area (Å²) in [6.45, 7) is 2.77. The van der Waals surface area contributed by atoms with Gasteiger partial charge in [0.15, 0.2) is 5.76 Å². The lowest BCUT2D eigenvalue weighted by Gasteiger charge is -2.26. The molecular weight excluding hydrogens is 316 g/mol. The molecule has 1 saturated carbocycles. The summed E-state index contributed by atoms with van der Waals surface area (Å²) in [5, 5.41) is 8.51. The number of hydrogen-bond donors (Lipinski definition) is 2. The van der Waals surface area contributed by atoms with Crippen molar-refractivity contribution in [3.8, 4) is 0 Å². The molecule has 1 aliphatic heterocycles. The molecule has 2 aliphatic rings. The van der Waals surface area contributed by atoms with Crippen molar-refractivity contribution in [2.24, 2.45) is 0 Å². The van der Waals surface area contributed by atoms with Gasteiger partial charge in [0, 0.05) is 17.8 Å². The summed E-state index contributed by atoms with van der Waals surface area (Å²) in [5.41, 5.74) is 1.37. The maximum absolute atomic E-state index is 12.4. The molecule has 0 radical (unpaired) electrons. The van der Waals surface area contributed by atoms with Crippen LogP contribution in [0.3, 0.4) is 0 Å². The predicted molar refractivity (Wildman–Crippen MR) is 84.5 cm³/mol. The van der Waals surface area contributed by atoms with Crippen LogP contribution in [0.5, 0.6) is 0 Å². The summed E-state index contributed by atoms with van der Waals surface area (Å²) < 4.78 is 5.12. The summed E-state index contributed by atoms with van der Waals surface area (Å²) in [6, 6.07) is -0.293. The van der Waals surface area contributed by atoms with Gasteiger partial charge in [-0.15, -0.1) is 11.3 Å². The van der Waals surface area contributed by atoms with Crippen LogP contribution in [-0.2, 0) is 13.0 Å². The van der Waals surface area contributed by atoms with E-state index >= 15 is 0 Å². The van der Waals surface area contributed by atoms with Gasteiger partial charge >= 0.3 is 6.03 Å². The molecule has 23 heavy (non-hydrogen) atoms. The Bertz CT molecular complexity index is 789. The number of nitrogens with one attached hydrogen (secondary N) is 2. The van der Waals surface area contributed by atoms with E-state index in [2.05, 4.69) is 15.5 Å². The molecule has 0 bridgehead atoms. The van der Waals surface area contributed by atoms with E-state index in [1.807, 2.05) is 12.3 Å². The molecule has 122 valence electrons. The minimum absolute atomic E-state index is 0.133. The Morgan fingerprint density at radius 2 is 2.39 bits per heavy atom. The molecule has 1 aliphatic carbocycles. The Kier molecular flexibility index (Phi) is 3.48. The van der Waals surface area contributed by atoms with Gasteiger partial charge in [-0.05, 0) is 26.2 Å². The first-order valence-electron chi connectivity index (χ1n) is 7.82. The first kappa shape index (κ1) is 14.5. The fraction of sp³-hybridized carbons (Fsp3) is 0.533. The maximum Gasteiger partial charge on any atom is 0.318 e. The number of carbonyl (C=O) groups is 1. The van der Waals surface area contributed by atoms with Crippen LogP contribution in [0.1, 0.15) is 53.8 Å². The van der Waals surface area contributed by atoms with Crippen LogP contribution >= 0.6 is 11.3 Å². The molecular formula is C15H18N4O3S. The molecule has 3 heterocycles. The molecule has 1 atom stereocenters. The topological polar surface area (TPSA) is 91.2 Å². The summed E-state index contributed by atoms with van der Waals surface area (Å²) >= 11 is 1.67. The number of aromatic nitrogens is 2. The van der Waals surface area contributed by atoms with E-state index in [1.165, 1.54) is 17.8 Å². The number of urea groups is 1. The average Bonchev–Trinajstić information content (AvgIpc) is 3.16. The number of hydrogen-bond acceptors (Lipinski definition) is 5. The highest BCUT2D eigenvalue weighted by molar-refractivity contribution is 7.09. The lowest BCUT2D eigenvalue weighted by Crippen LogP contribution is -2.43. The van der Waals surface area contributed by atoms with Crippen LogP contribution in [0.2, 0.25) is 0 Å². The number of nitrogens with zero attached hydrogens (tertiary/aromatic N) is 2. The van der Waals surface area contributed by atoms with Crippen LogP contribution in [0.4, 0.5) is 4.79 Å². The molecule has 8 heteroatoms. The number of aromatic amines is 1. The van der Waals surface area contributed by atoms with E-state index < -0.39 is 0 Å². The van der Waals surface area contributed by atoms with Crippen molar-refractivity contribution in [2.45, 2.75) is 44.7 Å². The van der Waals surface area contributed by atoms with Crippen molar-refractivity contribution >= 4 is 17.4 Å². The number of fused-ring (bicyclic) bond motifs is 1. The molecule has 0 aromatic carbocycles. The lowest BCUT2D eigenvalue weighted by atomic mass is 10.1. The number of thiazole rings is 1. The van der Waals surface area contributed by atoms with Crippen molar-refractivity contribution in [1.82, 2.24) is 20.4 Å². The van der Waals surface area contributed by atoms with Gasteiger partial charge in [0.2, 0.25) is 0 Å². The zero-order valence-corrected chi connectivity index (χ0v) is 13.6. The fourth-order valence-corrected chi connectivity index (χ4v) is 3.86. The Labute approximate surface area is 136 Å². The first-order chi connectivity index (χ1) is 11.1. The zero-order chi connectivity index (χ0) is 16.0. The normalized spacial score (nSPS) is 18.6. The summed E-state index contributed by atoms with van der Waals surface area (Å²) in [5.74, 6) is 1.18. The van der Waals surface area contributed by atoms with Crippen LogP contribution in [-0.4, -0.2) is 27.6 Å². The molecule has 1 fully saturated rings. The van der Waals surface area contributed by atoms with E-state index in [1.54, 1.807) is 16.2 Å². The quantitative estimate of drug-likeness (QED) is 0.899. The van der Waals surface area contributed by atoms with Crippen LogP contribution in [0.25, 0.3) is 0 Å². The standard InChI is InChI=1S/C15H18N4O3S/c1-8(11-7-23-14(17-11)9-2-3-9)16-15(21)19-5-4-10-12(6-19)22-18-13(10)20/h7-9H,2-6H2,1H3,(H,16,21)(H,18,20). The third kappa shape index (κ3) is 2.78. The average molecular weight is 334 g/mol. The van der Waals surface area contributed by atoms with E-state index in [0.717, 1.165) is 5.69 Å². The van der Waals surface area contributed by atoms with Gasteiger partial charge in [0.05, 0.1) is 28.9 Å². The molecule has 4 rings (SSSR count). The Balaban J connectivity index is 1.40. The van der Waals surface area contributed by atoms with E-state index in [9.17, 15) is 9.59 Å². The monoisotopic (exact) mass is 334 g/mol. The minimum atomic E-state index is -0.191. The number of carbonyl (C=O) groups excluding carboxylic acids is 1. The van der Waals surface area contributed by atoms with E-state index in [4.69, 9.17) is 4.52 Å². The highest BCUT2D eigenvalue weighted by atomic mass is 32.1. The summed E-state index contributed by atoms with van der Waals surface area (Å²) in [4.78, 5) is 30.2. The van der Waals surface area contributed by atoms with Gasteiger partial charge in [-0.3, -0.25) is 4.79 Å². The van der Waals surface area contributed by atoms with Crippen molar-refractivity contribution in [1.29, 1.82) is 0 Å². The molecule has 0 saturated heterocycles. The maximum atomic E-state index is 12.4. The van der Waals surface area contributed by atoms with Gasteiger partial charge < -0.3 is 14.7 Å². The summed E-state index contributed by atoms with van der Waals surface area (Å²) in [6.07, 6.45) is 2.98. The minimum Gasteiger partial charge on any atom is -0.381 e. The third-order valence-electron chi connectivity index (χ3n) is 4.38. The van der Waals surface area contributed by atoms with Gasteiger partial charge in [0.25, 0.3) is 5.56 Å². The smallest absolute Gasteiger partial charge is 0.318 e. The number of amides is 2. The number of H-pyrrole nitrogens is 1. The molecule has 2 aromatic rings. The van der Waals surface area contributed by atoms with E-state index in [-0.39, 0.29) is 17.6 Å². The Morgan fingerprint density at radius 1 is 1.57 bits per heavy atom. The van der Waals surface area contributed by atoms with Crippen molar-refractivity contribution in [2.75, 3.05) is 6.54 Å². The highest BCUT2D eigenvalue weighted by Gasteiger charge is 2.29. The summed E-state index contributed by atoms with van der Waals surface area (Å²) in [7, 11) is 0. The third-order valence-corrected chi connectivity index (χ3v) is 5.41. The second kappa shape index (κ2) is 5.52. The molecule has 7 nitrogen and oxygen atoms in total. The molecule has 0 spiro atoms. The first-order valence-corrected chi connectivity index (χ1v) is 8.69. The SMILES string of the molecule is CC(NC(=O)N1CCc2c(o[nH]c2=O)C1)c1csc(C2CC2)n1. The molecule has 2 aromatic heterocycles. The van der Waals surface area contributed by atoms with Crippen molar-refractivity contribution < 1.29 is 9.32 Å². The van der Waals surface area contributed by atoms with Gasteiger partial charge in [0.1, 0.15) is 0 Å². The van der Waals surface area contributed by atoms with Crippen molar-refractivity contribution in [3.05, 3.63) is 37.8 Å². The van der Waals surface area contributed by atoms with Gasteiger partial charge in [-0.25, -0.2) is 9.78 Å². The molecule has 2 N–H and O–H groups in total. The van der Waals surface area contributed by atoms with E-state index in [0.29, 0.717) is 36.8 Å². The van der Waals surface area contributed by atoms with Crippen LogP contribution in [0, 0.1) is 0 Å². The second-order valence-corrected chi connectivity index (χ2v) is 7.05. The van der Waals surface area contributed by atoms with Crippen molar-refractivity contribution in [3.63, 3.8) is 0 Å². The second-order valence-electron chi connectivity index (χ2n) is 6.16. The molecule has 1 unspecified atom stereocenters. The fourth-order valence-electron chi connectivity index (χ4n) is 2.78. The predicted octanol–water partition coefficient (Wildman–Crippen LogP) is 2.13. The van der Waals surface area contributed by atoms with Crippen LogP contribution in [0.15, 0.2) is 14.7 Å². The van der Waals surface area contributed by atoms with Gasteiger partial charge in [-0.1, -0.05) is 0 Å². The Morgan fingerprint density at radius 3 is 3.17 bits per heavy atom.